The summed E-state index contributed by atoms with van der Waals surface area (Å²) >= 11 is 0. The normalized spacial score (nSPS) is 16.3. The molecule has 3 rings (SSSR count). The highest BCUT2D eigenvalue weighted by atomic mass is 16.5. The number of benzene rings is 1. The lowest BCUT2D eigenvalue weighted by atomic mass is 9.98. The van der Waals surface area contributed by atoms with Gasteiger partial charge in [-0.05, 0) is 56.6 Å². The number of nitrogens with one attached hydrogen (secondary N) is 1. The van der Waals surface area contributed by atoms with Crippen LogP contribution in [0.25, 0.3) is 11.3 Å². The number of piperidine rings is 1. The molecule has 1 aliphatic heterocycles. The third-order valence-electron chi connectivity index (χ3n) is 3.89. The molecule has 20 heavy (non-hydrogen) atoms. The van der Waals surface area contributed by atoms with Crippen LogP contribution >= 0.6 is 0 Å². The van der Waals surface area contributed by atoms with Gasteiger partial charge >= 0.3 is 0 Å². The van der Waals surface area contributed by atoms with E-state index in [1.54, 1.807) is 7.11 Å². The highest BCUT2D eigenvalue weighted by Gasteiger charge is 2.20. The van der Waals surface area contributed by atoms with Crippen molar-refractivity contribution in [1.82, 2.24) is 10.3 Å². The third kappa shape index (κ3) is 2.56. The van der Waals surface area contributed by atoms with E-state index >= 15 is 0 Å². The van der Waals surface area contributed by atoms with Gasteiger partial charge < -0.3 is 14.5 Å². The quantitative estimate of drug-likeness (QED) is 0.932. The molecule has 0 amide bonds. The summed E-state index contributed by atoms with van der Waals surface area (Å²) in [6, 6.07) is 6.06. The van der Waals surface area contributed by atoms with E-state index in [9.17, 15) is 0 Å². The molecule has 4 heteroatoms. The van der Waals surface area contributed by atoms with Crippen LogP contribution in [0.5, 0.6) is 5.75 Å². The zero-order chi connectivity index (χ0) is 13.9. The van der Waals surface area contributed by atoms with Crippen molar-refractivity contribution in [3.63, 3.8) is 0 Å². The molecule has 2 heterocycles. The molecule has 1 saturated heterocycles. The molecular formula is C16H20N2O2. The smallest absolute Gasteiger partial charge is 0.198 e. The Hall–Kier alpha value is -1.81. The molecule has 0 spiro atoms. The van der Waals surface area contributed by atoms with Gasteiger partial charge in [0.15, 0.2) is 11.7 Å². The molecule has 106 valence electrons. The van der Waals surface area contributed by atoms with Gasteiger partial charge in [-0.3, -0.25) is 0 Å². The Kier molecular flexibility index (Phi) is 3.74. The monoisotopic (exact) mass is 272 g/mol. The van der Waals surface area contributed by atoms with Crippen LogP contribution in [0.15, 0.2) is 28.8 Å². The lowest BCUT2D eigenvalue weighted by Crippen LogP contribution is -2.26. The zero-order valence-electron chi connectivity index (χ0n) is 12.0. The minimum Gasteiger partial charge on any atom is -0.496 e. The van der Waals surface area contributed by atoms with Gasteiger partial charge in [-0.25, -0.2) is 4.98 Å². The Balaban J connectivity index is 1.84. The van der Waals surface area contributed by atoms with Crippen LogP contribution in [0.4, 0.5) is 0 Å². The molecule has 1 N–H and O–H groups in total. The van der Waals surface area contributed by atoms with Gasteiger partial charge in [0.1, 0.15) is 5.75 Å². The van der Waals surface area contributed by atoms with E-state index in [1.165, 1.54) is 0 Å². The topological polar surface area (TPSA) is 47.3 Å². The lowest BCUT2D eigenvalue weighted by Gasteiger charge is -2.19. The van der Waals surface area contributed by atoms with Crippen LogP contribution in [0.3, 0.4) is 0 Å². The first-order valence-electron chi connectivity index (χ1n) is 7.09. The fourth-order valence-electron chi connectivity index (χ4n) is 2.71. The Bertz CT molecular complexity index is 586. The highest BCUT2D eigenvalue weighted by molar-refractivity contribution is 5.59. The van der Waals surface area contributed by atoms with Crippen molar-refractivity contribution in [2.24, 2.45) is 0 Å². The van der Waals surface area contributed by atoms with Crippen molar-refractivity contribution in [2.75, 3.05) is 20.2 Å². The highest BCUT2D eigenvalue weighted by Crippen LogP contribution is 2.30. The summed E-state index contributed by atoms with van der Waals surface area (Å²) < 4.78 is 11.2. The molecule has 1 aliphatic rings. The van der Waals surface area contributed by atoms with Gasteiger partial charge in [-0.2, -0.15) is 0 Å². The maximum absolute atomic E-state index is 5.96. The zero-order valence-corrected chi connectivity index (χ0v) is 12.0. The van der Waals surface area contributed by atoms with Crippen LogP contribution in [0.1, 0.15) is 30.2 Å². The van der Waals surface area contributed by atoms with Gasteiger partial charge in [-0.1, -0.05) is 0 Å². The number of rotatable bonds is 3. The van der Waals surface area contributed by atoms with Gasteiger partial charge in [0.25, 0.3) is 0 Å². The minimum atomic E-state index is 0.448. The maximum atomic E-state index is 5.96. The Labute approximate surface area is 119 Å². The summed E-state index contributed by atoms with van der Waals surface area (Å²) in [6.45, 7) is 4.13. The summed E-state index contributed by atoms with van der Waals surface area (Å²) in [5.74, 6) is 3.05. The first kappa shape index (κ1) is 13.2. The number of ether oxygens (including phenoxy) is 1. The Morgan fingerprint density at radius 1 is 1.30 bits per heavy atom. The first-order valence-corrected chi connectivity index (χ1v) is 7.09. The first-order chi connectivity index (χ1) is 9.78. The fraction of sp³-hybridized carbons (Fsp3) is 0.438. The second kappa shape index (κ2) is 5.67. The number of hydrogen-bond acceptors (Lipinski definition) is 4. The average molecular weight is 272 g/mol. The minimum absolute atomic E-state index is 0.448. The molecule has 0 bridgehead atoms. The van der Waals surface area contributed by atoms with Gasteiger partial charge in [0.05, 0.1) is 13.3 Å². The van der Waals surface area contributed by atoms with Crippen molar-refractivity contribution >= 4 is 0 Å². The number of nitrogens with zero attached hydrogens (tertiary/aromatic N) is 1. The third-order valence-corrected chi connectivity index (χ3v) is 3.89. The van der Waals surface area contributed by atoms with Crippen LogP contribution in [-0.2, 0) is 0 Å². The molecule has 0 radical (unpaired) electrons. The lowest BCUT2D eigenvalue weighted by molar-refractivity contribution is 0.378. The largest absolute Gasteiger partial charge is 0.496 e. The fourth-order valence-corrected chi connectivity index (χ4v) is 2.71. The number of hydrogen-bond donors (Lipinski definition) is 1. The average Bonchev–Trinajstić information content (AvgIpc) is 2.98. The van der Waals surface area contributed by atoms with Crippen molar-refractivity contribution in [3.05, 3.63) is 35.9 Å². The van der Waals surface area contributed by atoms with Crippen LogP contribution < -0.4 is 10.1 Å². The molecular weight excluding hydrogens is 252 g/mol. The maximum Gasteiger partial charge on any atom is 0.198 e. The van der Waals surface area contributed by atoms with Gasteiger partial charge in [-0.15, -0.1) is 0 Å². The molecule has 0 atom stereocenters. The number of aryl methyl sites for hydroxylation is 1. The SMILES string of the molecule is COc1ccc(-c2cnc(C3CCNCC3)o2)cc1C. The van der Waals surface area contributed by atoms with Gasteiger partial charge in [0, 0.05) is 11.5 Å². The summed E-state index contributed by atoms with van der Waals surface area (Å²) in [6.07, 6.45) is 4.03. The summed E-state index contributed by atoms with van der Waals surface area (Å²) in [5, 5.41) is 3.36. The molecule has 1 aromatic carbocycles. The van der Waals surface area contributed by atoms with Gasteiger partial charge in [0.2, 0.25) is 0 Å². The van der Waals surface area contributed by atoms with Crippen LogP contribution in [-0.4, -0.2) is 25.2 Å². The molecule has 0 aliphatic carbocycles. The summed E-state index contributed by atoms with van der Waals surface area (Å²) in [7, 11) is 1.69. The van der Waals surface area contributed by atoms with Crippen molar-refractivity contribution in [3.8, 4) is 17.1 Å². The van der Waals surface area contributed by atoms with E-state index in [-0.39, 0.29) is 0 Å². The second-order valence-electron chi connectivity index (χ2n) is 5.27. The molecule has 0 unspecified atom stereocenters. The number of methoxy groups -OCH3 is 1. The van der Waals surface area contributed by atoms with Crippen molar-refractivity contribution < 1.29 is 9.15 Å². The molecule has 1 aromatic heterocycles. The summed E-state index contributed by atoms with van der Waals surface area (Å²) in [5.41, 5.74) is 2.15. The molecule has 2 aromatic rings. The molecule has 1 fully saturated rings. The predicted molar refractivity (Wildman–Crippen MR) is 78.1 cm³/mol. The van der Waals surface area contributed by atoms with Crippen molar-refractivity contribution in [2.45, 2.75) is 25.7 Å². The van der Waals surface area contributed by atoms with Crippen molar-refractivity contribution in [1.29, 1.82) is 0 Å². The summed E-state index contributed by atoms with van der Waals surface area (Å²) in [4.78, 5) is 4.46. The number of aromatic nitrogens is 1. The molecule has 0 saturated carbocycles. The van der Waals surface area contributed by atoms with E-state index in [2.05, 4.69) is 16.4 Å². The van der Waals surface area contributed by atoms with E-state index in [4.69, 9.17) is 9.15 Å². The van der Waals surface area contributed by atoms with E-state index in [0.717, 1.165) is 54.5 Å². The van der Waals surface area contributed by atoms with Crippen LogP contribution in [0, 0.1) is 6.92 Å². The van der Waals surface area contributed by atoms with Crippen LogP contribution in [0.2, 0.25) is 0 Å². The Morgan fingerprint density at radius 3 is 2.80 bits per heavy atom. The van der Waals surface area contributed by atoms with E-state index in [1.807, 2.05) is 25.3 Å². The standard InChI is InChI=1S/C16H20N2O2/c1-11-9-13(3-4-14(11)19-2)15-10-18-16(20-15)12-5-7-17-8-6-12/h3-4,9-10,12,17H,5-8H2,1-2H3. The predicted octanol–water partition coefficient (Wildman–Crippen LogP) is 3.13. The van der Waals surface area contributed by atoms with E-state index in [0.29, 0.717) is 5.92 Å². The Morgan fingerprint density at radius 2 is 2.10 bits per heavy atom. The van der Waals surface area contributed by atoms with E-state index < -0.39 is 0 Å². The number of oxazole rings is 1. The molecule has 4 nitrogen and oxygen atoms in total. The second-order valence-corrected chi connectivity index (χ2v) is 5.27.